The first-order chi connectivity index (χ1) is 7.04. The van der Waals surface area contributed by atoms with Crippen LogP contribution in [-0.4, -0.2) is 19.6 Å². The van der Waals surface area contributed by atoms with Crippen molar-refractivity contribution in [3.8, 4) is 0 Å². The summed E-state index contributed by atoms with van der Waals surface area (Å²) in [5, 5.41) is 3.30. The van der Waals surface area contributed by atoms with Crippen molar-refractivity contribution >= 4 is 11.7 Å². The number of ether oxygens (including phenoxy) is 1. The minimum atomic E-state index is -0.288. The summed E-state index contributed by atoms with van der Waals surface area (Å²) >= 11 is 0. The minimum Gasteiger partial charge on any atom is -0.465 e. The number of benzene rings is 1. The molecule has 0 aromatic heterocycles. The summed E-state index contributed by atoms with van der Waals surface area (Å²) < 4.78 is 4.68. The van der Waals surface area contributed by atoms with Crippen LogP contribution in [0.2, 0.25) is 0 Å². The molecule has 1 aromatic carbocycles. The van der Waals surface area contributed by atoms with Gasteiger partial charge in [0, 0.05) is 17.6 Å². The van der Waals surface area contributed by atoms with E-state index in [0.29, 0.717) is 5.56 Å². The van der Waals surface area contributed by atoms with Gasteiger partial charge in [0.05, 0.1) is 12.7 Å². The van der Waals surface area contributed by atoms with E-state index in [1.54, 1.807) is 0 Å². The molecule has 2 rings (SSSR count). The lowest BCUT2D eigenvalue weighted by atomic mass is 9.86. The molecule has 80 valence electrons. The molecule has 0 saturated carbocycles. The van der Waals surface area contributed by atoms with Crippen LogP contribution in [0.5, 0.6) is 0 Å². The SMILES string of the molecule is COC(=O)c1ccc2c(c1)NCC2(C)C. The summed E-state index contributed by atoms with van der Waals surface area (Å²) in [6, 6.07) is 5.68. The van der Waals surface area contributed by atoms with Crippen LogP contribution in [-0.2, 0) is 10.2 Å². The summed E-state index contributed by atoms with van der Waals surface area (Å²) in [7, 11) is 1.40. The predicted molar refractivity (Wildman–Crippen MR) is 59.3 cm³/mol. The van der Waals surface area contributed by atoms with Gasteiger partial charge in [0.15, 0.2) is 0 Å². The standard InChI is InChI=1S/C12H15NO2/c1-12(2)7-13-10-6-8(11(14)15-3)4-5-9(10)12/h4-6,13H,7H2,1-3H3. The smallest absolute Gasteiger partial charge is 0.337 e. The van der Waals surface area contributed by atoms with Crippen molar-refractivity contribution in [3.05, 3.63) is 29.3 Å². The van der Waals surface area contributed by atoms with Gasteiger partial charge in [-0.2, -0.15) is 0 Å². The van der Waals surface area contributed by atoms with Crippen LogP contribution in [0, 0.1) is 0 Å². The molecular formula is C12H15NO2. The molecule has 0 atom stereocenters. The summed E-state index contributed by atoms with van der Waals surface area (Å²) in [5.41, 5.74) is 3.05. The number of hydrogen-bond donors (Lipinski definition) is 1. The van der Waals surface area contributed by atoms with Crippen molar-refractivity contribution in [1.82, 2.24) is 0 Å². The molecule has 0 bridgehead atoms. The maximum absolute atomic E-state index is 11.3. The van der Waals surface area contributed by atoms with E-state index in [-0.39, 0.29) is 11.4 Å². The number of methoxy groups -OCH3 is 1. The van der Waals surface area contributed by atoms with Crippen molar-refractivity contribution in [1.29, 1.82) is 0 Å². The third-order valence-corrected chi connectivity index (χ3v) is 2.89. The van der Waals surface area contributed by atoms with E-state index >= 15 is 0 Å². The maximum Gasteiger partial charge on any atom is 0.337 e. The molecule has 0 unspecified atom stereocenters. The van der Waals surface area contributed by atoms with Gasteiger partial charge in [0.1, 0.15) is 0 Å². The Morgan fingerprint density at radius 2 is 2.20 bits per heavy atom. The molecule has 0 fully saturated rings. The summed E-state index contributed by atoms with van der Waals surface area (Å²) in [5.74, 6) is -0.288. The molecule has 1 heterocycles. The summed E-state index contributed by atoms with van der Waals surface area (Å²) in [6.45, 7) is 5.28. The third-order valence-electron chi connectivity index (χ3n) is 2.89. The Labute approximate surface area is 89.4 Å². The van der Waals surface area contributed by atoms with Gasteiger partial charge < -0.3 is 10.1 Å². The highest BCUT2D eigenvalue weighted by Crippen LogP contribution is 2.36. The maximum atomic E-state index is 11.3. The van der Waals surface area contributed by atoms with E-state index in [9.17, 15) is 4.79 Å². The van der Waals surface area contributed by atoms with Crippen molar-refractivity contribution in [2.75, 3.05) is 19.0 Å². The number of nitrogens with one attached hydrogen (secondary N) is 1. The number of carbonyl (C=O) groups excluding carboxylic acids is 1. The zero-order valence-corrected chi connectivity index (χ0v) is 9.26. The van der Waals surface area contributed by atoms with Crippen LogP contribution in [0.15, 0.2) is 18.2 Å². The molecular weight excluding hydrogens is 190 g/mol. The highest BCUT2D eigenvalue weighted by Gasteiger charge is 2.29. The van der Waals surface area contributed by atoms with Crippen LogP contribution in [0.3, 0.4) is 0 Å². The summed E-state index contributed by atoms with van der Waals surface area (Å²) in [4.78, 5) is 11.3. The Kier molecular flexibility index (Phi) is 2.18. The number of esters is 1. The van der Waals surface area contributed by atoms with Crippen molar-refractivity contribution in [2.45, 2.75) is 19.3 Å². The number of hydrogen-bond acceptors (Lipinski definition) is 3. The van der Waals surface area contributed by atoms with Gasteiger partial charge in [-0.15, -0.1) is 0 Å². The summed E-state index contributed by atoms with van der Waals surface area (Å²) in [6.07, 6.45) is 0. The van der Waals surface area contributed by atoms with Gasteiger partial charge >= 0.3 is 5.97 Å². The van der Waals surface area contributed by atoms with E-state index < -0.39 is 0 Å². The monoisotopic (exact) mass is 205 g/mol. The molecule has 0 saturated heterocycles. The fourth-order valence-corrected chi connectivity index (χ4v) is 1.94. The van der Waals surface area contributed by atoms with Crippen LogP contribution < -0.4 is 5.32 Å². The zero-order chi connectivity index (χ0) is 11.1. The second-order valence-corrected chi connectivity index (χ2v) is 4.49. The van der Waals surface area contributed by atoms with Crippen molar-refractivity contribution < 1.29 is 9.53 Å². The Morgan fingerprint density at radius 3 is 2.87 bits per heavy atom. The van der Waals surface area contributed by atoms with Gasteiger partial charge in [0.2, 0.25) is 0 Å². The Hall–Kier alpha value is -1.51. The molecule has 15 heavy (non-hydrogen) atoms. The lowest BCUT2D eigenvalue weighted by Gasteiger charge is -2.16. The molecule has 1 aliphatic heterocycles. The van der Waals surface area contributed by atoms with E-state index in [2.05, 4.69) is 23.9 Å². The Balaban J connectivity index is 2.42. The normalized spacial score (nSPS) is 16.7. The van der Waals surface area contributed by atoms with Crippen LogP contribution in [0.25, 0.3) is 0 Å². The molecule has 0 radical (unpaired) electrons. The fourth-order valence-electron chi connectivity index (χ4n) is 1.94. The minimum absolute atomic E-state index is 0.143. The largest absolute Gasteiger partial charge is 0.465 e. The Morgan fingerprint density at radius 1 is 1.47 bits per heavy atom. The highest BCUT2D eigenvalue weighted by atomic mass is 16.5. The van der Waals surface area contributed by atoms with E-state index in [4.69, 9.17) is 0 Å². The van der Waals surface area contributed by atoms with E-state index in [0.717, 1.165) is 12.2 Å². The van der Waals surface area contributed by atoms with Gasteiger partial charge in [0.25, 0.3) is 0 Å². The van der Waals surface area contributed by atoms with Crippen LogP contribution >= 0.6 is 0 Å². The second-order valence-electron chi connectivity index (χ2n) is 4.49. The fraction of sp³-hybridized carbons (Fsp3) is 0.417. The van der Waals surface area contributed by atoms with Gasteiger partial charge in [-0.25, -0.2) is 4.79 Å². The highest BCUT2D eigenvalue weighted by molar-refractivity contribution is 5.91. The molecule has 1 aliphatic rings. The lowest BCUT2D eigenvalue weighted by molar-refractivity contribution is 0.0601. The first kappa shape index (κ1) is 10.0. The van der Waals surface area contributed by atoms with E-state index in [1.807, 2.05) is 18.2 Å². The third kappa shape index (κ3) is 1.58. The molecule has 3 heteroatoms. The molecule has 0 amide bonds. The average molecular weight is 205 g/mol. The molecule has 1 aromatic rings. The Bertz CT molecular complexity index is 410. The second kappa shape index (κ2) is 3.26. The number of rotatable bonds is 1. The number of fused-ring (bicyclic) bond motifs is 1. The van der Waals surface area contributed by atoms with Crippen molar-refractivity contribution in [2.24, 2.45) is 0 Å². The van der Waals surface area contributed by atoms with E-state index in [1.165, 1.54) is 12.7 Å². The van der Waals surface area contributed by atoms with Gasteiger partial charge in [-0.05, 0) is 17.7 Å². The first-order valence-electron chi connectivity index (χ1n) is 5.01. The quantitative estimate of drug-likeness (QED) is 0.714. The van der Waals surface area contributed by atoms with Crippen LogP contribution in [0.1, 0.15) is 29.8 Å². The predicted octanol–water partition coefficient (Wildman–Crippen LogP) is 2.18. The molecule has 0 aliphatic carbocycles. The molecule has 1 N–H and O–H groups in total. The topological polar surface area (TPSA) is 38.3 Å². The molecule has 3 nitrogen and oxygen atoms in total. The first-order valence-corrected chi connectivity index (χ1v) is 5.01. The van der Waals surface area contributed by atoms with Crippen LogP contribution in [0.4, 0.5) is 5.69 Å². The zero-order valence-electron chi connectivity index (χ0n) is 9.26. The lowest BCUT2D eigenvalue weighted by Crippen LogP contribution is -2.18. The van der Waals surface area contributed by atoms with Gasteiger partial charge in [-0.1, -0.05) is 19.9 Å². The number of anilines is 1. The van der Waals surface area contributed by atoms with Crippen molar-refractivity contribution in [3.63, 3.8) is 0 Å². The number of carbonyl (C=O) groups is 1. The molecule has 0 spiro atoms. The average Bonchev–Trinajstić information content (AvgIpc) is 2.53. The van der Waals surface area contributed by atoms with Gasteiger partial charge in [-0.3, -0.25) is 0 Å².